The Morgan fingerprint density at radius 1 is 1.48 bits per heavy atom. The summed E-state index contributed by atoms with van der Waals surface area (Å²) in [5.74, 6) is 0.668. The molecule has 0 aliphatic carbocycles. The molecule has 116 valence electrons. The molecule has 1 aromatic carbocycles. The molecule has 1 aliphatic rings. The van der Waals surface area contributed by atoms with Crippen molar-refractivity contribution >= 4 is 34.2 Å². The van der Waals surface area contributed by atoms with Crippen molar-refractivity contribution in [3.63, 3.8) is 0 Å². The zero-order valence-corrected chi connectivity index (χ0v) is 14.9. The Balaban J connectivity index is 1.83. The lowest BCUT2D eigenvalue weighted by Gasteiger charge is -2.33. The van der Waals surface area contributed by atoms with Gasteiger partial charge in [0.05, 0.1) is 6.54 Å². The first-order chi connectivity index (χ1) is 9.95. The Labute approximate surface area is 140 Å². The number of hydrogen-bond donors (Lipinski definition) is 2. The van der Waals surface area contributed by atoms with Gasteiger partial charge in [0, 0.05) is 15.3 Å². The van der Waals surface area contributed by atoms with Gasteiger partial charge in [-0.15, -0.1) is 0 Å². The number of nitrogens with one attached hydrogen (secondary N) is 1. The van der Waals surface area contributed by atoms with Crippen LogP contribution in [-0.2, 0) is 4.79 Å². The smallest absolute Gasteiger partial charge is 0.238 e. The Morgan fingerprint density at radius 3 is 2.71 bits per heavy atom. The predicted octanol–water partition coefficient (Wildman–Crippen LogP) is 2.60. The molecule has 1 heterocycles. The van der Waals surface area contributed by atoms with E-state index in [1.807, 2.05) is 19.1 Å². The number of hydrogen-bond acceptors (Lipinski definition) is 3. The molecule has 5 heteroatoms. The highest BCUT2D eigenvalue weighted by molar-refractivity contribution is 14.1. The van der Waals surface area contributed by atoms with E-state index in [1.165, 1.54) is 3.57 Å². The van der Waals surface area contributed by atoms with Crippen LogP contribution in [0.5, 0.6) is 0 Å². The van der Waals surface area contributed by atoms with Crippen LogP contribution in [0.25, 0.3) is 0 Å². The number of likely N-dealkylation sites (tertiary alicyclic amines) is 1. The number of anilines is 1. The summed E-state index contributed by atoms with van der Waals surface area (Å²) in [7, 11) is 0. The average Bonchev–Trinajstić information content (AvgIpc) is 2.42. The predicted molar refractivity (Wildman–Crippen MR) is 95.3 cm³/mol. The van der Waals surface area contributed by atoms with E-state index in [2.05, 4.69) is 45.8 Å². The fourth-order valence-corrected chi connectivity index (χ4v) is 3.44. The Kier molecular flexibility index (Phi) is 6.01. The van der Waals surface area contributed by atoms with Gasteiger partial charge in [-0.1, -0.05) is 0 Å². The summed E-state index contributed by atoms with van der Waals surface area (Å²) in [6.07, 6.45) is 2.18. The van der Waals surface area contributed by atoms with E-state index in [9.17, 15) is 4.79 Å². The minimum absolute atomic E-state index is 0.0681. The van der Waals surface area contributed by atoms with Crippen LogP contribution < -0.4 is 11.1 Å². The van der Waals surface area contributed by atoms with Crippen LogP contribution in [0.1, 0.15) is 25.3 Å². The quantitative estimate of drug-likeness (QED) is 0.763. The summed E-state index contributed by atoms with van der Waals surface area (Å²) in [5, 5.41) is 3.01. The van der Waals surface area contributed by atoms with Crippen molar-refractivity contribution in [2.75, 3.05) is 25.0 Å². The Bertz CT molecular complexity index is 496. The second-order valence-corrected chi connectivity index (χ2v) is 7.23. The molecule has 0 saturated carbocycles. The molecule has 21 heavy (non-hydrogen) atoms. The monoisotopic (exact) mass is 401 g/mol. The molecule has 1 fully saturated rings. The van der Waals surface area contributed by atoms with Crippen molar-refractivity contribution in [3.8, 4) is 0 Å². The van der Waals surface area contributed by atoms with Crippen LogP contribution in [0.15, 0.2) is 18.2 Å². The van der Waals surface area contributed by atoms with E-state index < -0.39 is 0 Å². The molecule has 0 spiro atoms. The Hall–Kier alpha value is -0.660. The maximum atomic E-state index is 12.2. The molecule has 0 aromatic heterocycles. The van der Waals surface area contributed by atoms with Crippen LogP contribution in [0.2, 0.25) is 0 Å². The normalized spacial score (nSPS) is 18.5. The van der Waals surface area contributed by atoms with Crippen LogP contribution in [0.3, 0.4) is 0 Å². The number of rotatable bonds is 4. The van der Waals surface area contributed by atoms with Gasteiger partial charge in [0.15, 0.2) is 0 Å². The van der Waals surface area contributed by atoms with Gasteiger partial charge in [-0.05, 0) is 92.0 Å². The lowest BCUT2D eigenvalue weighted by Crippen LogP contribution is -2.42. The molecule has 0 radical (unpaired) electrons. The molecule has 1 atom stereocenters. The van der Waals surface area contributed by atoms with Gasteiger partial charge in [0.2, 0.25) is 5.91 Å². The fourth-order valence-electron chi connectivity index (χ4n) is 2.80. The second kappa shape index (κ2) is 7.56. The number of piperidine rings is 1. The number of carbonyl (C=O) groups is 1. The number of carbonyl (C=O) groups excluding carboxylic acids is 1. The molecule has 2 rings (SSSR count). The van der Waals surface area contributed by atoms with E-state index in [4.69, 9.17) is 5.73 Å². The lowest BCUT2D eigenvalue weighted by atomic mass is 9.91. The largest absolute Gasteiger partial charge is 0.328 e. The minimum atomic E-state index is 0.0681. The van der Waals surface area contributed by atoms with Crippen LogP contribution in [0.4, 0.5) is 5.69 Å². The summed E-state index contributed by atoms with van der Waals surface area (Å²) in [5.41, 5.74) is 7.96. The third kappa shape index (κ3) is 4.93. The van der Waals surface area contributed by atoms with Crippen LogP contribution >= 0.6 is 22.6 Å². The van der Waals surface area contributed by atoms with Gasteiger partial charge >= 0.3 is 0 Å². The van der Waals surface area contributed by atoms with Crippen LogP contribution in [0, 0.1) is 16.4 Å². The maximum absolute atomic E-state index is 12.2. The molecule has 1 aliphatic heterocycles. The molecule has 1 aromatic rings. The summed E-state index contributed by atoms with van der Waals surface area (Å²) in [6.45, 7) is 6.49. The molecule has 1 amide bonds. The highest BCUT2D eigenvalue weighted by atomic mass is 127. The van der Waals surface area contributed by atoms with E-state index in [0.717, 1.165) is 37.2 Å². The third-order valence-corrected chi connectivity index (χ3v) is 4.88. The number of nitrogens with two attached hydrogens (primary N) is 1. The highest BCUT2D eigenvalue weighted by Gasteiger charge is 2.23. The third-order valence-electron chi connectivity index (χ3n) is 4.21. The molecule has 1 saturated heterocycles. The standard InChI is InChI=1S/C16H24IN3O/c1-11-9-14(17)3-4-15(11)19-16(21)10-20-7-5-13(6-8-20)12(2)18/h3-4,9,12-13H,5-8,10,18H2,1-2H3,(H,19,21). The zero-order valence-electron chi connectivity index (χ0n) is 12.7. The molecule has 1 unspecified atom stereocenters. The van der Waals surface area contributed by atoms with E-state index in [-0.39, 0.29) is 11.9 Å². The van der Waals surface area contributed by atoms with Gasteiger partial charge in [-0.3, -0.25) is 9.69 Å². The van der Waals surface area contributed by atoms with Crippen molar-refractivity contribution in [1.82, 2.24) is 4.90 Å². The number of aryl methyl sites for hydroxylation is 1. The van der Waals surface area contributed by atoms with Gasteiger partial charge < -0.3 is 11.1 Å². The number of halogens is 1. The minimum Gasteiger partial charge on any atom is -0.328 e. The number of amides is 1. The first kappa shape index (κ1) is 16.7. The van der Waals surface area contributed by atoms with Crippen LogP contribution in [-0.4, -0.2) is 36.5 Å². The number of nitrogens with zero attached hydrogens (tertiary/aromatic N) is 1. The molecular weight excluding hydrogens is 377 g/mol. The first-order valence-corrected chi connectivity index (χ1v) is 8.57. The van der Waals surface area contributed by atoms with Crippen molar-refractivity contribution < 1.29 is 4.79 Å². The van der Waals surface area contributed by atoms with Crippen molar-refractivity contribution in [3.05, 3.63) is 27.3 Å². The summed E-state index contributed by atoms with van der Waals surface area (Å²) >= 11 is 2.28. The average molecular weight is 401 g/mol. The van der Waals surface area contributed by atoms with Gasteiger partial charge in [-0.25, -0.2) is 0 Å². The van der Waals surface area contributed by atoms with E-state index in [1.54, 1.807) is 0 Å². The summed E-state index contributed by atoms with van der Waals surface area (Å²) < 4.78 is 1.18. The molecule has 3 N–H and O–H groups in total. The second-order valence-electron chi connectivity index (χ2n) is 5.98. The van der Waals surface area contributed by atoms with Gasteiger partial charge in [-0.2, -0.15) is 0 Å². The van der Waals surface area contributed by atoms with Crippen molar-refractivity contribution in [2.24, 2.45) is 11.7 Å². The summed E-state index contributed by atoms with van der Waals surface area (Å²) in [6, 6.07) is 6.31. The lowest BCUT2D eigenvalue weighted by molar-refractivity contribution is -0.117. The van der Waals surface area contributed by atoms with E-state index >= 15 is 0 Å². The SMILES string of the molecule is Cc1cc(I)ccc1NC(=O)CN1CCC(C(C)N)CC1. The Morgan fingerprint density at radius 2 is 2.14 bits per heavy atom. The number of benzene rings is 1. The molecular formula is C16H24IN3O. The molecule has 4 nitrogen and oxygen atoms in total. The zero-order chi connectivity index (χ0) is 15.4. The van der Waals surface area contributed by atoms with Gasteiger partial charge in [0.25, 0.3) is 0 Å². The first-order valence-electron chi connectivity index (χ1n) is 7.49. The van der Waals surface area contributed by atoms with Crippen molar-refractivity contribution in [1.29, 1.82) is 0 Å². The highest BCUT2D eigenvalue weighted by Crippen LogP contribution is 2.20. The maximum Gasteiger partial charge on any atom is 0.238 e. The van der Waals surface area contributed by atoms with Gasteiger partial charge in [0.1, 0.15) is 0 Å². The molecule has 0 bridgehead atoms. The topological polar surface area (TPSA) is 58.4 Å². The fraction of sp³-hybridized carbons (Fsp3) is 0.562. The van der Waals surface area contributed by atoms with Crippen molar-refractivity contribution in [2.45, 2.75) is 32.7 Å². The van der Waals surface area contributed by atoms with E-state index in [0.29, 0.717) is 12.5 Å². The summed E-state index contributed by atoms with van der Waals surface area (Å²) in [4.78, 5) is 14.4.